The number of methoxy groups -OCH3 is 1. The number of aliphatic hydroxyl groups is 2. The highest BCUT2D eigenvalue weighted by molar-refractivity contribution is 6.01. The van der Waals surface area contributed by atoms with Crippen LogP contribution in [0.25, 0.3) is 22.2 Å². The molecule has 2 aromatic heterocycles. The molecule has 0 aliphatic carbocycles. The second kappa shape index (κ2) is 8.29. The van der Waals surface area contributed by atoms with E-state index >= 15 is 0 Å². The molecule has 1 aliphatic rings. The normalized spacial score (nSPS) is 26.4. The first kappa shape index (κ1) is 20.7. The zero-order valence-electron chi connectivity index (χ0n) is 17.1. The van der Waals surface area contributed by atoms with E-state index in [1.54, 1.807) is 6.92 Å². The van der Waals surface area contributed by atoms with E-state index in [0.29, 0.717) is 18.1 Å². The predicted octanol–water partition coefficient (Wildman–Crippen LogP) is 2.12. The number of hydrogen-bond donors (Lipinski definition) is 3. The Kier molecular flexibility index (Phi) is 5.72. The van der Waals surface area contributed by atoms with Crippen LogP contribution in [0.4, 0.5) is 5.82 Å². The first-order valence-electron chi connectivity index (χ1n) is 9.83. The molecule has 0 radical (unpaired) electrons. The van der Waals surface area contributed by atoms with Crippen molar-refractivity contribution >= 4 is 16.9 Å². The van der Waals surface area contributed by atoms with E-state index in [2.05, 4.69) is 15.4 Å². The highest BCUT2D eigenvalue weighted by Gasteiger charge is 2.54. The van der Waals surface area contributed by atoms with Gasteiger partial charge < -0.3 is 24.3 Å². The lowest BCUT2D eigenvalue weighted by Crippen LogP contribution is -2.46. The Labute approximate surface area is 174 Å². The van der Waals surface area contributed by atoms with Crippen LogP contribution in [0.2, 0.25) is 0 Å². The van der Waals surface area contributed by atoms with Gasteiger partial charge in [0.25, 0.3) is 0 Å². The van der Waals surface area contributed by atoms with Gasteiger partial charge in [-0.2, -0.15) is 0 Å². The maximum absolute atomic E-state index is 10.7. The molecule has 9 heteroatoms. The van der Waals surface area contributed by atoms with Crippen molar-refractivity contribution in [1.82, 2.24) is 14.5 Å². The van der Waals surface area contributed by atoms with Crippen molar-refractivity contribution in [2.75, 3.05) is 25.8 Å². The van der Waals surface area contributed by atoms with Crippen molar-refractivity contribution in [1.29, 1.82) is 0 Å². The van der Waals surface area contributed by atoms with Crippen molar-refractivity contribution in [3.05, 3.63) is 42.9 Å². The van der Waals surface area contributed by atoms with Gasteiger partial charge in [0.1, 0.15) is 29.8 Å². The largest absolute Gasteiger partial charge is 0.394 e. The Morgan fingerprint density at radius 3 is 2.70 bits per heavy atom. The van der Waals surface area contributed by atoms with Gasteiger partial charge in [0.2, 0.25) is 0 Å². The summed E-state index contributed by atoms with van der Waals surface area (Å²) in [6.45, 7) is 3.77. The Morgan fingerprint density at radius 1 is 1.27 bits per heavy atom. The minimum atomic E-state index is -1.09. The molecule has 4 rings (SSSR count). The molecule has 0 bridgehead atoms. The third-order valence-corrected chi connectivity index (χ3v) is 5.61. The third-order valence-electron chi connectivity index (χ3n) is 5.61. The van der Waals surface area contributed by atoms with Gasteiger partial charge in [-0.3, -0.25) is 4.84 Å². The smallest absolute Gasteiger partial charge is 0.167 e. The molecule has 160 valence electrons. The number of aromatic nitrogens is 3. The zero-order chi connectivity index (χ0) is 21.3. The molecule has 0 saturated carbocycles. The fourth-order valence-electron chi connectivity index (χ4n) is 3.91. The van der Waals surface area contributed by atoms with Crippen LogP contribution >= 0.6 is 0 Å². The predicted molar refractivity (Wildman–Crippen MR) is 111 cm³/mol. The number of nitrogens with zero attached hydrogens (tertiary/aromatic N) is 3. The lowest BCUT2D eigenvalue weighted by molar-refractivity contribution is -0.118. The van der Waals surface area contributed by atoms with Crippen molar-refractivity contribution in [3.63, 3.8) is 0 Å². The summed E-state index contributed by atoms with van der Waals surface area (Å²) in [5.41, 5.74) is 4.22. The molecule has 3 aromatic rings. The minimum Gasteiger partial charge on any atom is -0.394 e. The van der Waals surface area contributed by atoms with Gasteiger partial charge in [0.05, 0.1) is 18.6 Å². The van der Waals surface area contributed by atoms with E-state index in [-0.39, 0.29) is 6.61 Å². The summed E-state index contributed by atoms with van der Waals surface area (Å²) in [4.78, 5) is 14.2. The van der Waals surface area contributed by atoms with Gasteiger partial charge in [-0.1, -0.05) is 30.3 Å². The number of nitrogens with one attached hydrogen (secondary N) is 1. The fraction of sp³-hybridized carbons (Fsp3) is 0.429. The average Bonchev–Trinajstić information content (AvgIpc) is 3.29. The second-order valence-corrected chi connectivity index (χ2v) is 7.31. The summed E-state index contributed by atoms with van der Waals surface area (Å²) in [7, 11) is 1.51. The number of aliphatic hydroxyl groups excluding tert-OH is 2. The van der Waals surface area contributed by atoms with E-state index in [4.69, 9.17) is 14.3 Å². The van der Waals surface area contributed by atoms with Crippen LogP contribution in [-0.2, 0) is 14.3 Å². The van der Waals surface area contributed by atoms with E-state index < -0.39 is 24.0 Å². The van der Waals surface area contributed by atoms with Gasteiger partial charge in [-0.25, -0.2) is 15.4 Å². The third kappa shape index (κ3) is 3.24. The first-order valence-corrected chi connectivity index (χ1v) is 9.83. The van der Waals surface area contributed by atoms with Crippen LogP contribution in [0.15, 0.2) is 42.9 Å². The van der Waals surface area contributed by atoms with Crippen LogP contribution in [0.1, 0.15) is 20.1 Å². The van der Waals surface area contributed by atoms with Gasteiger partial charge in [-0.15, -0.1) is 0 Å². The highest BCUT2D eigenvalue weighted by atomic mass is 16.6. The van der Waals surface area contributed by atoms with E-state index in [1.165, 1.54) is 13.4 Å². The maximum Gasteiger partial charge on any atom is 0.167 e. The van der Waals surface area contributed by atoms with Crippen LogP contribution < -0.4 is 5.48 Å². The topological polar surface area (TPSA) is 111 Å². The SMILES string of the molecule is CCONc1ncnc2c1c(-c1ccccc1)cn2[C@@H]1OC(CO)C(O)[C@@]1(C)OC. The molecule has 0 spiro atoms. The number of anilines is 1. The van der Waals surface area contributed by atoms with Gasteiger partial charge in [0, 0.05) is 18.9 Å². The molecule has 1 saturated heterocycles. The van der Waals surface area contributed by atoms with E-state index in [1.807, 2.05) is 48.0 Å². The Hall–Kier alpha value is -2.56. The van der Waals surface area contributed by atoms with E-state index in [0.717, 1.165) is 16.5 Å². The average molecular weight is 414 g/mol. The number of fused-ring (bicyclic) bond motifs is 1. The lowest BCUT2D eigenvalue weighted by Gasteiger charge is -2.31. The monoisotopic (exact) mass is 414 g/mol. The molecule has 0 amide bonds. The number of rotatable bonds is 7. The summed E-state index contributed by atoms with van der Waals surface area (Å²) in [5, 5.41) is 21.1. The van der Waals surface area contributed by atoms with Gasteiger partial charge in [-0.05, 0) is 19.4 Å². The van der Waals surface area contributed by atoms with Gasteiger partial charge in [0.15, 0.2) is 12.0 Å². The van der Waals surface area contributed by atoms with Crippen molar-refractivity contribution < 1.29 is 24.5 Å². The summed E-state index contributed by atoms with van der Waals surface area (Å²) in [6.07, 6.45) is 0.830. The second-order valence-electron chi connectivity index (χ2n) is 7.31. The summed E-state index contributed by atoms with van der Waals surface area (Å²) in [5.74, 6) is 0.524. The Bertz CT molecular complexity index is 1010. The Balaban J connectivity index is 1.93. The van der Waals surface area contributed by atoms with Crippen LogP contribution in [0, 0.1) is 0 Å². The van der Waals surface area contributed by atoms with Crippen molar-refractivity contribution in [3.8, 4) is 11.1 Å². The van der Waals surface area contributed by atoms with Crippen LogP contribution in [-0.4, -0.2) is 62.9 Å². The molecular weight excluding hydrogens is 388 g/mol. The first-order chi connectivity index (χ1) is 14.5. The molecule has 1 fully saturated rings. The molecule has 3 heterocycles. The minimum absolute atomic E-state index is 0.326. The quantitative estimate of drug-likeness (QED) is 0.504. The Morgan fingerprint density at radius 2 is 2.03 bits per heavy atom. The lowest BCUT2D eigenvalue weighted by atomic mass is 9.96. The maximum atomic E-state index is 10.7. The van der Waals surface area contributed by atoms with Crippen molar-refractivity contribution in [2.24, 2.45) is 0 Å². The molecular formula is C21H26N4O5. The standard InChI is InChI=1S/C21H26N4O5/c1-4-29-24-18-16-14(13-8-6-5-7-9-13)10-25(19(16)23-12-22-18)20-21(2,28-3)17(27)15(11-26)30-20/h5-10,12,15,17,20,26-27H,4,11H2,1-3H3,(H,22,23,24)/t15?,17?,20-,21-/m1/s1. The molecule has 1 aromatic carbocycles. The van der Waals surface area contributed by atoms with E-state index in [9.17, 15) is 10.2 Å². The highest BCUT2D eigenvalue weighted by Crippen LogP contribution is 2.44. The molecule has 2 unspecified atom stereocenters. The molecule has 4 atom stereocenters. The van der Waals surface area contributed by atoms with Crippen LogP contribution in [0.3, 0.4) is 0 Å². The summed E-state index contributed by atoms with van der Waals surface area (Å²) in [6, 6.07) is 9.84. The number of ether oxygens (including phenoxy) is 2. The summed E-state index contributed by atoms with van der Waals surface area (Å²) < 4.78 is 13.5. The summed E-state index contributed by atoms with van der Waals surface area (Å²) >= 11 is 0. The van der Waals surface area contributed by atoms with Crippen molar-refractivity contribution in [2.45, 2.75) is 37.9 Å². The van der Waals surface area contributed by atoms with Crippen LogP contribution in [0.5, 0.6) is 0 Å². The van der Waals surface area contributed by atoms with Gasteiger partial charge >= 0.3 is 0 Å². The molecule has 1 aliphatic heterocycles. The number of benzene rings is 1. The molecule has 30 heavy (non-hydrogen) atoms. The zero-order valence-corrected chi connectivity index (χ0v) is 17.1. The number of hydrogen-bond acceptors (Lipinski definition) is 8. The fourth-order valence-corrected chi connectivity index (χ4v) is 3.91. The molecule has 9 nitrogen and oxygen atoms in total. The molecule has 3 N–H and O–H groups in total.